The first-order valence-electron chi connectivity index (χ1n) is 10.4. The molecule has 2 heterocycles. The molecule has 28 heavy (non-hydrogen) atoms. The molecular weight excluding hydrogens is 348 g/mol. The molecule has 4 rings (SSSR count). The Kier molecular flexibility index (Phi) is 5.74. The predicted octanol–water partition coefficient (Wildman–Crippen LogP) is 3.04. The molecule has 148 valence electrons. The molecule has 0 radical (unpaired) electrons. The number of benzene rings is 1. The van der Waals surface area contributed by atoms with Crippen LogP contribution in [0, 0.1) is 0 Å². The van der Waals surface area contributed by atoms with Crippen LogP contribution in [0.1, 0.15) is 36.0 Å². The number of nitrogens with zero attached hydrogens (tertiary/aromatic N) is 3. The van der Waals surface area contributed by atoms with E-state index in [1.165, 1.54) is 25.7 Å². The molecule has 0 unspecified atom stereocenters. The van der Waals surface area contributed by atoms with Crippen molar-refractivity contribution in [2.75, 3.05) is 39.8 Å². The second-order valence-electron chi connectivity index (χ2n) is 8.22. The number of aromatic nitrogens is 1. The molecule has 1 saturated heterocycles. The van der Waals surface area contributed by atoms with Gasteiger partial charge in [-0.1, -0.05) is 25.0 Å². The van der Waals surface area contributed by atoms with E-state index < -0.39 is 0 Å². The van der Waals surface area contributed by atoms with Gasteiger partial charge in [-0.25, -0.2) is 0 Å². The molecule has 1 aliphatic carbocycles. The maximum atomic E-state index is 12.9. The van der Waals surface area contributed by atoms with Gasteiger partial charge in [-0.15, -0.1) is 0 Å². The van der Waals surface area contributed by atoms with Crippen LogP contribution >= 0.6 is 0 Å². The van der Waals surface area contributed by atoms with E-state index in [0.717, 1.165) is 49.4 Å². The Hall–Kier alpha value is -2.24. The van der Waals surface area contributed by atoms with Gasteiger partial charge in [-0.2, -0.15) is 0 Å². The molecular formula is C23H30N4O. The van der Waals surface area contributed by atoms with E-state index in [1.54, 1.807) is 12.4 Å². The molecule has 1 amide bonds. The number of likely N-dealkylation sites (N-methyl/N-ethyl adjacent to an activating group) is 1. The quantitative estimate of drug-likeness (QED) is 0.869. The molecule has 1 aliphatic heterocycles. The summed E-state index contributed by atoms with van der Waals surface area (Å²) in [5, 5.41) is 3.26. The molecule has 5 heteroatoms. The monoisotopic (exact) mass is 378 g/mol. The van der Waals surface area contributed by atoms with Crippen molar-refractivity contribution < 1.29 is 4.79 Å². The van der Waals surface area contributed by atoms with Crippen molar-refractivity contribution >= 4 is 5.91 Å². The fourth-order valence-corrected chi connectivity index (χ4v) is 4.65. The summed E-state index contributed by atoms with van der Waals surface area (Å²) in [7, 11) is 2.19. The summed E-state index contributed by atoms with van der Waals surface area (Å²) in [5.74, 6) is 0.0244. The van der Waals surface area contributed by atoms with Crippen LogP contribution in [0.25, 0.3) is 11.1 Å². The summed E-state index contributed by atoms with van der Waals surface area (Å²) in [6.45, 7) is 5.18. The van der Waals surface area contributed by atoms with Crippen molar-refractivity contribution in [3.8, 4) is 11.1 Å². The Bertz CT molecular complexity index is 793. The van der Waals surface area contributed by atoms with Crippen LogP contribution in [0.3, 0.4) is 0 Å². The summed E-state index contributed by atoms with van der Waals surface area (Å²) >= 11 is 0. The summed E-state index contributed by atoms with van der Waals surface area (Å²) in [6, 6.07) is 11.8. The smallest absolute Gasteiger partial charge is 0.251 e. The van der Waals surface area contributed by atoms with E-state index in [1.807, 2.05) is 36.4 Å². The third kappa shape index (κ3) is 4.10. The number of rotatable bonds is 5. The van der Waals surface area contributed by atoms with Crippen LogP contribution in [0.5, 0.6) is 0 Å². The highest BCUT2D eigenvalue weighted by atomic mass is 16.1. The SMILES string of the molecule is CN1CCN(C2(CNC(=O)c3cccc(-c4ccncc4)c3)CCCC2)CC1. The Morgan fingerprint density at radius 2 is 1.75 bits per heavy atom. The third-order valence-corrected chi connectivity index (χ3v) is 6.42. The zero-order chi connectivity index (χ0) is 19.4. The van der Waals surface area contributed by atoms with E-state index in [2.05, 4.69) is 27.1 Å². The highest BCUT2D eigenvalue weighted by molar-refractivity contribution is 5.95. The normalized spacial score (nSPS) is 20.2. The van der Waals surface area contributed by atoms with E-state index in [-0.39, 0.29) is 11.4 Å². The first-order valence-corrected chi connectivity index (χ1v) is 10.4. The van der Waals surface area contributed by atoms with Gasteiger partial charge in [0.25, 0.3) is 5.91 Å². The second kappa shape index (κ2) is 8.41. The number of carbonyl (C=O) groups is 1. The Balaban J connectivity index is 1.44. The van der Waals surface area contributed by atoms with Gasteiger partial charge in [0, 0.05) is 56.2 Å². The number of piperazine rings is 1. The van der Waals surface area contributed by atoms with Crippen LogP contribution in [0.4, 0.5) is 0 Å². The zero-order valence-corrected chi connectivity index (χ0v) is 16.7. The molecule has 5 nitrogen and oxygen atoms in total. The lowest BCUT2D eigenvalue weighted by molar-refractivity contribution is 0.0414. The minimum absolute atomic E-state index is 0.0244. The molecule has 2 aliphatic rings. The summed E-state index contributed by atoms with van der Waals surface area (Å²) in [4.78, 5) is 22.0. The van der Waals surface area contributed by atoms with Crippen molar-refractivity contribution in [2.24, 2.45) is 0 Å². The number of amides is 1. The number of carbonyl (C=O) groups excluding carboxylic acids is 1. The number of nitrogens with one attached hydrogen (secondary N) is 1. The number of hydrogen-bond acceptors (Lipinski definition) is 4. The minimum Gasteiger partial charge on any atom is -0.350 e. The highest BCUT2D eigenvalue weighted by Crippen LogP contribution is 2.35. The fraction of sp³-hybridized carbons (Fsp3) is 0.478. The molecule has 1 aromatic carbocycles. The van der Waals surface area contributed by atoms with Crippen molar-refractivity contribution in [1.82, 2.24) is 20.1 Å². The van der Waals surface area contributed by atoms with Gasteiger partial charge in [0.2, 0.25) is 0 Å². The highest BCUT2D eigenvalue weighted by Gasteiger charge is 2.40. The van der Waals surface area contributed by atoms with Gasteiger partial charge in [0.1, 0.15) is 0 Å². The Labute approximate surface area is 167 Å². The number of pyridine rings is 1. The Morgan fingerprint density at radius 3 is 2.46 bits per heavy atom. The second-order valence-corrected chi connectivity index (χ2v) is 8.22. The van der Waals surface area contributed by atoms with Gasteiger partial charge >= 0.3 is 0 Å². The lowest BCUT2D eigenvalue weighted by Gasteiger charge is -2.45. The standard InChI is InChI=1S/C23H30N4O/c1-26-13-15-27(16-14-26)23(9-2-3-10-23)18-25-22(28)21-6-4-5-20(17-21)19-7-11-24-12-8-19/h4-8,11-12,17H,2-3,9-10,13-16,18H2,1H3,(H,25,28). The molecule has 0 spiro atoms. The molecule has 0 bridgehead atoms. The van der Waals surface area contributed by atoms with E-state index >= 15 is 0 Å². The van der Waals surface area contributed by atoms with Gasteiger partial charge in [0.15, 0.2) is 0 Å². The van der Waals surface area contributed by atoms with Crippen molar-refractivity contribution in [3.63, 3.8) is 0 Å². The van der Waals surface area contributed by atoms with Crippen molar-refractivity contribution in [2.45, 2.75) is 31.2 Å². The van der Waals surface area contributed by atoms with Crippen LogP contribution in [-0.4, -0.2) is 66.0 Å². The maximum absolute atomic E-state index is 12.9. The first kappa shape index (κ1) is 19.1. The average molecular weight is 379 g/mol. The molecule has 0 atom stereocenters. The lowest BCUT2D eigenvalue weighted by atomic mass is 9.93. The van der Waals surface area contributed by atoms with E-state index in [4.69, 9.17) is 0 Å². The van der Waals surface area contributed by atoms with Crippen molar-refractivity contribution in [3.05, 3.63) is 54.4 Å². The van der Waals surface area contributed by atoms with Crippen LogP contribution < -0.4 is 5.32 Å². The summed E-state index contributed by atoms with van der Waals surface area (Å²) < 4.78 is 0. The van der Waals surface area contributed by atoms with Crippen LogP contribution in [0.2, 0.25) is 0 Å². The summed E-state index contributed by atoms with van der Waals surface area (Å²) in [6.07, 6.45) is 8.46. The van der Waals surface area contributed by atoms with Gasteiger partial charge in [-0.05, 0) is 55.3 Å². The molecule has 1 saturated carbocycles. The molecule has 2 aromatic rings. The summed E-state index contributed by atoms with van der Waals surface area (Å²) in [5.41, 5.74) is 2.99. The molecule has 1 aromatic heterocycles. The third-order valence-electron chi connectivity index (χ3n) is 6.42. The average Bonchev–Trinajstić information content (AvgIpc) is 3.23. The van der Waals surface area contributed by atoms with Crippen molar-refractivity contribution in [1.29, 1.82) is 0 Å². The predicted molar refractivity (Wildman–Crippen MR) is 112 cm³/mol. The lowest BCUT2D eigenvalue weighted by Crippen LogP contribution is -2.59. The zero-order valence-electron chi connectivity index (χ0n) is 16.7. The first-order chi connectivity index (χ1) is 13.7. The minimum atomic E-state index is 0.0244. The van der Waals surface area contributed by atoms with Gasteiger partial charge < -0.3 is 10.2 Å². The Morgan fingerprint density at radius 1 is 1.04 bits per heavy atom. The topological polar surface area (TPSA) is 48.5 Å². The van der Waals surface area contributed by atoms with Crippen LogP contribution in [-0.2, 0) is 0 Å². The fourth-order valence-electron chi connectivity index (χ4n) is 4.65. The molecule has 2 fully saturated rings. The van der Waals surface area contributed by atoms with E-state index in [9.17, 15) is 4.79 Å². The maximum Gasteiger partial charge on any atom is 0.251 e. The van der Waals surface area contributed by atoms with E-state index in [0.29, 0.717) is 0 Å². The van der Waals surface area contributed by atoms with Crippen LogP contribution in [0.15, 0.2) is 48.8 Å². The van der Waals surface area contributed by atoms with Gasteiger partial charge in [0.05, 0.1) is 0 Å². The largest absolute Gasteiger partial charge is 0.350 e. The number of hydrogen-bond donors (Lipinski definition) is 1. The molecule has 1 N–H and O–H groups in total. The van der Waals surface area contributed by atoms with Gasteiger partial charge in [-0.3, -0.25) is 14.7 Å².